The van der Waals surface area contributed by atoms with Gasteiger partial charge in [-0.3, -0.25) is 0 Å². The number of hydrogen-bond acceptors (Lipinski definition) is 2. The number of halogens is 1. The number of nitrogens with one attached hydrogen (secondary N) is 1. The van der Waals surface area contributed by atoms with E-state index in [2.05, 4.69) is 19.2 Å². The summed E-state index contributed by atoms with van der Waals surface area (Å²) in [5.74, 6) is 0.344. The Kier molecular flexibility index (Phi) is 8.08. The van der Waals surface area contributed by atoms with Crippen LogP contribution >= 0.6 is 0 Å². The van der Waals surface area contributed by atoms with Gasteiger partial charge in [-0.1, -0.05) is 39.0 Å². The number of benzene rings is 1. The van der Waals surface area contributed by atoms with Crippen molar-refractivity contribution in [2.45, 2.75) is 65.3 Å². The molecule has 1 aromatic rings. The second kappa shape index (κ2) is 9.62. The first-order valence-corrected chi connectivity index (χ1v) is 7.86. The van der Waals surface area contributed by atoms with E-state index < -0.39 is 0 Å². The van der Waals surface area contributed by atoms with Crippen molar-refractivity contribution >= 4 is 5.69 Å². The van der Waals surface area contributed by atoms with Crippen LogP contribution in [-0.2, 0) is 0 Å². The summed E-state index contributed by atoms with van der Waals surface area (Å²) >= 11 is 0. The van der Waals surface area contributed by atoms with E-state index in [4.69, 9.17) is 4.74 Å². The number of ether oxygens (including phenoxy) is 1. The van der Waals surface area contributed by atoms with E-state index in [-0.39, 0.29) is 5.82 Å². The van der Waals surface area contributed by atoms with E-state index in [1.165, 1.54) is 44.2 Å². The maximum absolute atomic E-state index is 13.2. The largest absolute Gasteiger partial charge is 0.492 e. The Bertz CT molecular complexity index is 381. The highest BCUT2D eigenvalue weighted by atomic mass is 19.1. The summed E-state index contributed by atoms with van der Waals surface area (Å²) in [6, 6.07) is 5.05. The predicted molar refractivity (Wildman–Crippen MR) is 84.0 cm³/mol. The molecule has 0 aliphatic carbocycles. The fraction of sp³-hybridized carbons (Fsp3) is 0.647. The van der Waals surface area contributed by atoms with Gasteiger partial charge >= 0.3 is 0 Å². The number of hydrogen-bond donors (Lipinski definition) is 1. The molecule has 0 radical (unpaired) electrons. The van der Waals surface area contributed by atoms with Crippen molar-refractivity contribution in [3.63, 3.8) is 0 Å². The Labute approximate surface area is 122 Å². The lowest BCUT2D eigenvalue weighted by Gasteiger charge is -2.18. The van der Waals surface area contributed by atoms with Crippen molar-refractivity contribution in [2.24, 2.45) is 0 Å². The van der Waals surface area contributed by atoms with Crippen LogP contribution in [0.25, 0.3) is 0 Å². The minimum atomic E-state index is -0.258. The summed E-state index contributed by atoms with van der Waals surface area (Å²) in [4.78, 5) is 0. The van der Waals surface area contributed by atoms with E-state index in [0.717, 1.165) is 12.1 Å². The SMILES string of the molecule is CCCCCCCC(C)Nc1ccc(F)cc1OCC. The van der Waals surface area contributed by atoms with Crippen LogP contribution in [0, 0.1) is 5.82 Å². The molecule has 2 nitrogen and oxygen atoms in total. The molecule has 1 N–H and O–H groups in total. The van der Waals surface area contributed by atoms with E-state index >= 15 is 0 Å². The molecule has 0 aliphatic rings. The molecule has 0 saturated heterocycles. The molecule has 3 heteroatoms. The average molecular weight is 281 g/mol. The maximum Gasteiger partial charge on any atom is 0.145 e. The van der Waals surface area contributed by atoms with Crippen molar-refractivity contribution in [2.75, 3.05) is 11.9 Å². The van der Waals surface area contributed by atoms with Gasteiger partial charge < -0.3 is 10.1 Å². The molecule has 1 rings (SSSR count). The second-order valence-electron chi connectivity index (χ2n) is 5.32. The van der Waals surface area contributed by atoms with Crippen LogP contribution in [0.3, 0.4) is 0 Å². The van der Waals surface area contributed by atoms with Gasteiger partial charge in [0.2, 0.25) is 0 Å². The first kappa shape index (κ1) is 16.8. The third-order valence-corrected chi connectivity index (χ3v) is 3.39. The zero-order chi connectivity index (χ0) is 14.8. The highest BCUT2D eigenvalue weighted by Gasteiger charge is 2.08. The van der Waals surface area contributed by atoms with Gasteiger partial charge in [0.1, 0.15) is 11.6 Å². The molecule has 0 amide bonds. The quantitative estimate of drug-likeness (QED) is 0.581. The summed E-state index contributed by atoms with van der Waals surface area (Å²) in [5, 5.41) is 3.42. The molecule has 20 heavy (non-hydrogen) atoms. The van der Waals surface area contributed by atoms with Crippen molar-refractivity contribution in [1.29, 1.82) is 0 Å². The highest BCUT2D eigenvalue weighted by molar-refractivity contribution is 5.56. The number of unbranched alkanes of at least 4 members (excludes halogenated alkanes) is 4. The van der Waals surface area contributed by atoms with E-state index in [9.17, 15) is 4.39 Å². The van der Waals surface area contributed by atoms with E-state index in [1.54, 1.807) is 6.07 Å². The topological polar surface area (TPSA) is 21.3 Å². The van der Waals surface area contributed by atoms with Crippen molar-refractivity contribution in [1.82, 2.24) is 0 Å². The summed E-state index contributed by atoms with van der Waals surface area (Å²) in [6.07, 6.45) is 7.59. The van der Waals surface area contributed by atoms with E-state index in [1.807, 2.05) is 6.92 Å². The zero-order valence-electron chi connectivity index (χ0n) is 13.0. The molecule has 0 bridgehead atoms. The maximum atomic E-state index is 13.2. The molecule has 0 heterocycles. The third-order valence-electron chi connectivity index (χ3n) is 3.39. The number of rotatable bonds is 10. The fourth-order valence-corrected chi connectivity index (χ4v) is 2.28. The van der Waals surface area contributed by atoms with Crippen LogP contribution in [0.2, 0.25) is 0 Å². The van der Waals surface area contributed by atoms with Gasteiger partial charge in [0.15, 0.2) is 0 Å². The van der Waals surface area contributed by atoms with Gasteiger partial charge in [-0.15, -0.1) is 0 Å². The second-order valence-corrected chi connectivity index (χ2v) is 5.32. The number of anilines is 1. The van der Waals surface area contributed by atoms with Gasteiger partial charge in [-0.2, -0.15) is 0 Å². The normalized spacial score (nSPS) is 12.2. The minimum Gasteiger partial charge on any atom is -0.492 e. The van der Waals surface area contributed by atoms with Crippen LogP contribution in [0.1, 0.15) is 59.3 Å². The molecule has 0 saturated carbocycles. The Hall–Kier alpha value is -1.25. The summed E-state index contributed by atoms with van der Waals surface area (Å²) in [5.41, 5.74) is 0.884. The van der Waals surface area contributed by atoms with Gasteiger partial charge in [0.05, 0.1) is 12.3 Å². The standard InChI is InChI=1S/C17H28FNO/c1-4-6-7-8-9-10-14(3)19-16-12-11-15(18)13-17(16)20-5-2/h11-14,19H,4-10H2,1-3H3. The molecular formula is C17H28FNO. The molecule has 114 valence electrons. The van der Waals surface area contributed by atoms with Crippen molar-refractivity contribution < 1.29 is 9.13 Å². The molecule has 1 atom stereocenters. The van der Waals surface area contributed by atoms with Crippen LogP contribution in [0.15, 0.2) is 18.2 Å². The third kappa shape index (κ3) is 6.27. The fourth-order valence-electron chi connectivity index (χ4n) is 2.28. The Balaban J connectivity index is 2.42. The predicted octanol–water partition coefficient (Wildman–Crippen LogP) is 5.39. The van der Waals surface area contributed by atoms with Gasteiger partial charge in [0, 0.05) is 12.1 Å². The average Bonchev–Trinajstić information content (AvgIpc) is 2.42. The van der Waals surface area contributed by atoms with Crippen LogP contribution < -0.4 is 10.1 Å². The zero-order valence-corrected chi connectivity index (χ0v) is 13.0. The smallest absolute Gasteiger partial charge is 0.145 e. The summed E-state index contributed by atoms with van der Waals surface area (Å²) < 4.78 is 18.7. The lowest BCUT2D eigenvalue weighted by molar-refractivity contribution is 0.339. The van der Waals surface area contributed by atoms with Crippen molar-refractivity contribution in [3.05, 3.63) is 24.0 Å². The Morgan fingerprint density at radius 1 is 1.15 bits per heavy atom. The molecule has 0 fully saturated rings. The highest BCUT2D eigenvalue weighted by Crippen LogP contribution is 2.26. The molecule has 1 unspecified atom stereocenters. The van der Waals surface area contributed by atoms with Gasteiger partial charge in [0.25, 0.3) is 0 Å². The van der Waals surface area contributed by atoms with Crippen molar-refractivity contribution in [3.8, 4) is 5.75 Å². The van der Waals surface area contributed by atoms with Gasteiger partial charge in [-0.25, -0.2) is 4.39 Å². The monoisotopic (exact) mass is 281 g/mol. The summed E-state index contributed by atoms with van der Waals surface area (Å²) in [7, 11) is 0. The Morgan fingerprint density at radius 3 is 2.60 bits per heavy atom. The summed E-state index contributed by atoms with van der Waals surface area (Å²) in [6.45, 7) is 6.85. The molecular weight excluding hydrogens is 253 g/mol. The lowest BCUT2D eigenvalue weighted by atomic mass is 10.1. The van der Waals surface area contributed by atoms with Crippen LogP contribution in [-0.4, -0.2) is 12.6 Å². The van der Waals surface area contributed by atoms with E-state index in [0.29, 0.717) is 18.4 Å². The lowest BCUT2D eigenvalue weighted by Crippen LogP contribution is -2.15. The Morgan fingerprint density at radius 2 is 1.90 bits per heavy atom. The molecule has 0 aromatic heterocycles. The van der Waals surface area contributed by atoms with Gasteiger partial charge in [-0.05, 0) is 32.4 Å². The molecule has 0 spiro atoms. The minimum absolute atomic E-state index is 0.258. The first-order chi connectivity index (χ1) is 9.67. The van der Waals surface area contributed by atoms with Crippen LogP contribution in [0.4, 0.5) is 10.1 Å². The first-order valence-electron chi connectivity index (χ1n) is 7.86. The van der Waals surface area contributed by atoms with Crippen LogP contribution in [0.5, 0.6) is 5.75 Å². The molecule has 0 aliphatic heterocycles. The molecule has 1 aromatic carbocycles.